The van der Waals surface area contributed by atoms with E-state index in [1.807, 2.05) is 31.2 Å². The van der Waals surface area contributed by atoms with E-state index in [-0.39, 0.29) is 5.91 Å². The van der Waals surface area contributed by atoms with Gasteiger partial charge in [0.25, 0.3) is 0 Å². The molecule has 6 heteroatoms. The average molecular weight is 366 g/mol. The molecule has 0 aliphatic heterocycles. The van der Waals surface area contributed by atoms with E-state index in [2.05, 4.69) is 5.32 Å². The van der Waals surface area contributed by atoms with Crippen LogP contribution in [-0.4, -0.2) is 31.1 Å². The van der Waals surface area contributed by atoms with Gasteiger partial charge in [-0.25, -0.2) is 0 Å². The Balaban J connectivity index is 1.67. The molecule has 0 fully saturated rings. The second-order valence-electron chi connectivity index (χ2n) is 5.12. The number of rotatable bonds is 8. The number of thioether (sulfide) groups is 1. The Morgan fingerprint density at radius 2 is 2.08 bits per heavy atom. The molecule has 2 aromatic rings. The summed E-state index contributed by atoms with van der Waals surface area (Å²) in [5, 5.41) is 3.28. The lowest BCUT2D eigenvalue weighted by molar-refractivity contribution is -0.113. The molecular weight excluding hydrogens is 346 g/mol. The number of anilines is 1. The molecule has 0 unspecified atom stereocenters. The van der Waals surface area contributed by atoms with Crippen LogP contribution in [0, 0.1) is 6.92 Å². The van der Waals surface area contributed by atoms with Crippen LogP contribution in [0.1, 0.15) is 5.56 Å². The maximum Gasteiger partial charge on any atom is 0.234 e. The van der Waals surface area contributed by atoms with Gasteiger partial charge in [-0.15, -0.1) is 11.8 Å². The van der Waals surface area contributed by atoms with Gasteiger partial charge in [0.15, 0.2) is 0 Å². The number of ether oxygens (including phenoxy) is 2. The van der Waals surface area contributed by atoms with Crippen LogP contribution in [0.15, 0.2) is 42.5 Å². The van der Waals surface area contributed by atoms with Gasteiger partial charge in [-0.05, 0) is 42.8 Å². The van der Waals surface area contributed by atoms with E-state index in [1.54, 1.807) is 25.3 Å². The minimum absolute atomic E-state index is 0.0724. The normalized spacial score (nSPS) is 10.3. The van der Waals surface area contributed by atoms with E-state index < -0.39 is 0 Å². The van der Waals surface area contributed by atoms with Crippen LogP contribution in [0.25, 0.3) is 0 Å². The Morgan fingerprint density at radius 1 is 1.25 bits per heavy atom. The van der Waals surface area contributed by atoms with Crippen molar-refractivity contribution < 1.29 is 14.3 Å². The number of halogens is 1. The molecule has 0 saturated carbocycles. The number of hydrogen-bond acceptors (Lipinski definition) is 4. The zero-order valence-electron chi connectivity index (χ0n) is 13.7. The number of carbonyl (C=O) groups is 1. The Bertz CT molecular complexity index is 694. The second kappa shape index (κ2) is 9.45. The van der Waals surface area contributed by atoms with E-state index in [0.29, 0.717) is 28.8 Å². The topological polar surface area (TPSA) is 47.6 Å². The van der Waals surface area contributed by atoms with Crippen molar-refractivity contribution in [1.29, 1.82) is 0 Å². The molecule has 0 aliphatic carbocycles. The molecule has 2 rings (SSSR count). The van der Waals surface area contributed by atoms with Crippen molar-refractivity contribution in [3.8, 4) is 11.5 Å². The number of carbonyl (C=O) groups excluding carboxylic acids is 1. The van der Waals surface area contributed by atoms with Crippen LogP contribution >= 0.6 is 23.4 Å². The summed E-state index contributed by atoms with van der Waals surface area (Å²) < 4.78 is 10.7. The summed E-state index contributed by atoms with van der Waals surface area (Å²) in [5.74, 6) is 2.47. The summed E-state index contributed by atoms with van der Waals surface area (Å²) >= 11 is 7.55. The first-order chi connectivity index (χ1) is 11.6. The Morgan fingerprint density at radius 3 is 2.79 bits per heavy atom. The first kappa shape index (κ1) is 18.5. The van der Waals surface area contributed by atoms with E-state index >= 15 is 0 Å². The van der Waals surface area contributed by atoms with Crippen LogP contribution in [-0.2, 0) is 4.79 Å². The lowest BCUT2D eigenvalue weighted by Gasteiger charge is -2.09. The molecule has 1 N–H and O–H groups in total. The lowest BCUT2D eigenvalue weighted by Crippen LogP contribution is -2.15. The molecule has 0 heterocycles. The van der Waals surface area contributed by atoms with Gasteiger partial charge in [0, 0.05) is 11.4 Å². The third-order valence-electron chi connectivity index (χ3n) is 3.15. The predicted molar refractivity (Wildman–Crippen MR) is 101 cm³/mol. The van der Waals surface area contributed by atoms with Gasteiger partial charge >= 0.3 is 0 Å². The number of benzene rings is 2. The van der Waals surface area contributed by atoms with Gasteiger partial charge in [-0.1, -0.05) is 23.7 Å². The molecule has 128 valence electrons. The quantitative estimate of drug-likeness (QED) is 0.704. The van der Waals surface area contributed by atoms with Crippen LogP contribution in [0.3, 0.4) is 0 Å². The fourth-order valence-electron chi connectivity index (χ4n) is 2.03. The smallest absolute Gasteiger partial charge is 0.234 e. The van der Waals surface area contributed by atoms with E-state index in [4.69, 9.17) is 21.1 Å². The third kappa shape index (κ3) is 5.98. The average Bonchev–Trinajstić information content (AvgIpc) is 2.55. The number of amides is 1. The monoisotopic (exact) mass is 365 g/mol. The van der Waals surface area contributed by atoms with Gasteiger partial charge in [-0.3, -0.25) is 4.79 Å². The molecular formula is C18H20ClNO3S. The molecule has 24 heavy (non-hydrogen) atoms. The fraction of sp³-hybridized carbons (Fsp3) is 0.278. The third-order valence-corrected chi connectivity index (χ3v) is 4.37. The minimum atomic E-state index is -0.0724. The number of nitrogens with one attached hydrogen (secondary N) is 1. The van der Waals surface area contributed by atoms with Gasteiger partial charge in [0.05, 0.1) is 24.5 Å². The number of hydrogen-bond donors (Lipinski definition) is 1. The highest BCUT2D eigenvalue weighted by Gasteiger charge is 2.06. The summed E-state index contributed by atoms with van der Waals surface area (Å²) in [7, 11) is 1.55. The first-order valence-electron chi connectivity index (χ1n) is 7.49. The molecule has 4 nitrogen and oxygen atoms in total. The second-order valence-corrected chi connectivity index (χ2v) is 6.63. The number of aryl methyl sites for hydroxylation is 1. The van der Waals surface area contributed by atoms with Crippen LogP contribution in [0.2, 0.25) is 5.02 Å². The molecule has 0 spiro atoms. The van der Waals surface area contributed by atoms with Gasteiger partial charge in [-0.2, -0.15) is 0 Å². The molecule has 0 saturated heterocycles. The molecule has 0 aromatic heterocycles. The van der Waals surface area contributed by atoms with Crippen molar-refractivity contribution in [2.75, 3.05) is 30.5 Å². The van der Waals surface area contributed by atoms with Crippen molar-refractivity contribution in [2.24, 2.45) is 0 Å². The van der Waals surface area contributed by atoms with Crippen molar-refractivity contribution in [2.45, 2.75) is 6.92 Å². The largest absolute Gasteiger partial charge is 0.495 e. The molecule has 0 aliphatic rings. The minimum Gasteiger partial charge on any atom is -0.495 e. The Labute approximate surface area is 151 Å². The number of methoxy groups -OCH3 is 1. The standard InChI is InChI=1S/C18H20ClNO3S/c1-13-4-3-5-15(10-13)23-8-9-24-12-18(21)20-14-6-7-17(22-2)16(19)11-14/h3-7,10-11H,8-9,12H2,1-2H3,(H,20,21). The Hall–Kier alpha value is -1.85. The highest BCUT2D eigenvalue weighted by atomic mass is 35.5. The lowest BCUT2D eigenvalue weighted by atomic mass is 10.2. The SMILES string of the molecule is COc1ccc(NC(=O)CSCCOc2cccc(C)c2)cc1Cl. The van der Waals surface area contributed by atoms with Crippen LogP contribution in [0.5, 0.6) is 11.5 Å². The van der Waals surface area contributed by atoms with E-state index in [9.17, 15) is 4.79 Å². The summed E-state index contributed by atoms with van der Waals surface area (Å²) in [4.78, 5) is 11.9. The van der Waals surface area contributed by atoms with Crippen LogP contribution in [0.4, 0.5) is 5.69 Å². The maximum absolute atomic E-state index is 11.9. The van der Waals surface area contributed by atoms with Crippen LogP contribution < -0.4 is 14.8 Å². The summed E-state index contributed by atoms with van der Waals surface area (Å²) in [6.07, 6.45) is 0. The molecule has 0 bridgehead atoms. The summed E-state index contributed by atoms with van der Waals surface area (Å²) in [6.45, 7) is 2.59. The molecule has 0 atom stereocenters. The van der Waals surface area contributed by atoms with E-state index in [0.717, 1.165) is 17.1 Å². The van der Waals surface area contributed by atoms with Crippen molar-refractivity contribution >= 4 is 35.0 Å². The van der Waals surface area contributed by atoms with Crippen molar-refractivity contribution in [3.63, 3.8) is 0 Å². The fourth-order valence-corrected chi connectivity index (χ4v) is 2.89. The highest BCUT2D eigenvalue weighted by Crippen LogP contribution is 2.27. The van der Waals surface area contributed by atoms with E-state index in [1.165, 1.54) is 11.8 Å². The summed E-state index contributed by atoms with van der Waals surface area (Å²) in [5.41, 5.74) is 1.82. The zero-order chi connectivity index (χ0) is 17.4. The highest BCUT2D eigenvalue weighted by molar-refractivity contribution is 7.99. The van der Waals surface area contributed by atoms with Gasteiger partial charge in [0.2, 0.25) is 5.91 Å². The zero-order valence-corrected chi connectivity index (χ0v) is 15.2. The molecule has 1 amide bonds. The van der Waals surface area contributed by atoms with Crippen molar-refractivity contribution in [3.05, 3.63) is 53.1 Å². The molecule has 0 radical (unpaired) electrons. The maximum atomic E-state index is 11.9. The molecule has 2 aromatic carbocycles. The first-order valence-corrected chi connectivity index (χ1v) is 9.02. The summed E-state index contributed by atoms with van der Waals surface area (Å²) in [6, 6.07) is 13.1. The van der Waals surface area contributed by atoms with Gasteiger partial charge < -0.3 is 14.8 Å². The Kier molecular flexibility index (Phi) is 7.28. The van der Waals surface area contributed by atoms with Gasteiger partial charge in [0.1, 0.15) is 11.5 Å². The van der Waals surface area contributed by atoms with Crippen molar-refractivity contribution in [1.82, 2.24) is 0 Å². The predicted octanol–water partition coefficient (Wildman–Crippen LogP) is 4.41.